The third kappa shape index (κ3) is 2.25. The highest BCUT2D eigenvalue weighted by Gasteiger charge is 2.05. The average molecular weight is 237 g/mol. The van der Waals surface area contributed by atoms with Crippen LogP contribution >= 0.6 is 11.6 Å². The Kier molecular flexibility index (Phi) is 2.97. The van der Waals surface area contributed by atoms with Crippen LogP contribution in [0.5, 0.6) is 0 Å². The summed E-state index contributed by atoms with van der Waals surface area (Å²) in [6, 6.07) is 11.6. The number of hydrogen-bond acceptors (Lipinski definition) is 2. The van der Waals surface area contributed by atoms with Gasteiger partial charge in [-0.05, 0) is 30.3 Å². The minimum absolute atomic E-state index is 0.268. The van der Waals surface area contributed by atoms with Crippen molar-refractivity contribution in [3.05, 3.63) is 53.3 Å². The third-order valence-electron chi connectivity index (χ3n) is 2.14. The molecule has 0 atom stereocenters. The van der Waals surface area contributed by atoms with Gasteiger partial charge in [-0.15, -0.1) is 0 Å². The number of nitrogens with two attached hydrogens (primary N) is 1. The van der Waals surface area contributed by atoms with E-state index in [4.69, 9.17) is 17.3 Å². The van der Waals surface area contributed by atoms with Crippen molar-refractivity contribution in [3.63, 3.8) is 0 Å². The van der Waals surface area contributed by atoms with Crippen molar-refractivity contribution in [1.29, 1.82) is 0 Å². The highest BCUT2D eigenvalue weighted by atomic mass is 35.5. The smallest absolute Gasteiger partial charge is 0.148 e. The summed E-state index contributed by atoms with van der Waals surface area (Å²) in [4.78, 5) is 0. The SMILES string of the molecule is Nc1cccc(F)c1Nc1cccc(Cl)c1. The predicted molar refractivity (Wildman–Crippen MR) is 65.5 cm³/mol. The van der Waals surface area contributed by atoms with Crippen LogP contribution in [-0.2, 0) is 0 Å². The highest BCUT2D eigenvalue weighted by Crippen LogP contribution is 2.27. The van der Waals surface area contributed by atoms with Crippen molar-refractivity contribution in [2.45, 2.75) is 0 Å². The largest absolute Gasteiger partial charge is 0.397 e. The molecule has 0 spiro atoms. The summed E-state index contributed by atoms with van der Waals surface area (Å²) in [6.45, 7) is 0. The van der Waals surface area contributed by atoms with Gasteiger partial charge in [0.2, 0.25) is 0 Å². The zero-order valence-corrected chi connectivity index (χ0v) is 9.13. The van der Waals surface area contributed by atoms with E-state index in [0.717, 1.165) is 0 Å². The number of nitrogen functional groups attached to an aromatic ring is 1. The minimum Gasteiger partial charge on any atom is -0.397 e. The van der Waals surface area contributed by atoms with E-state index in [1.807, 2.05) is 0 Å². The molecule has 0 aromatic heterocycles. The molecule has 4 heteroatoms. The fourth-order valence-electron chi connectivity index (χ4n) is 1.38. The van der Waals surface area contributed by atoms with Crippen LogP contribution < -0.4 is 11.1 Å². The lowest BCUT2D eigenvalue weighted by atomic mass is 10.2. The van der Waals surface area contributed by atoms with Gasteiger partial charge >= 0.3 is 0 Å². The average Bonchev–Trinajstić information content (AvgIpc) is 2.24. The molecule has 2 aromatic carbocycles. The lowest BCUT2D eigenvalue weighted by Gasteiger charge is -2.10. The van der Waals surface area contributed by atoms with Crippen LogP contribution in [0.4, 0.5) is 21.5 Å². The number of halogens is 2. The molecule has 2 nitrogen and oxygen atoms in total. The zero-order chi connectivity index (χ0) is 11.5. The van der Waals surface area contributed by atoms with Gasteiger partial charge in [0.05, 0.1) is 11.4 Å². The van der Waals surface area contributed by atoms with E-state index in [2.05, 4.69) is 5.32 Å². The number of para-hydroxylation sites is 1. The normalized spacial score (nSPS) is 10.1. The molecule has 0 unspecified atom stereocenters. The maximum absolute atomic E-state index is 13.5. The zero-order valence-electron chi connectivity index (χ0n) is 8.37. The Balaban J connectivity index is 2.34. The summed E-state index contributed by atoms with van der Waals surface area (Å²) >= 11 is 5.83. The Labute approximate surface area is 97.8 Å². The molecule has 0 aliphatic rings. The van der Waals surface area contributed by atoms with Crippen molar-refractivity contribution in [1.82, 2.24) is 0 Å². The quantitative estimate of drug-likeness (QED) is 0.779. The maximum Gasteiger partial charge on any atom is 0.148 e. The Bertz CT molecular complexity index is 494. The molecule has 0 heterocycles. The Morgan fingerprint density at radius 1 is 1.12 bits per heavy atom. The van der Waals surface area contributed by atoms with Crippen LogP contribution in [0.2, 0.25) is 5.02 Å². The second-order valence-corrected chi connectivity index (χ2v) is 3.78. The molecule has 16 heavy (non-hydrogen) atoms. The Hall–Kier alpha value is -1.74. The summed E-state index contributed by atoms with van der Waals surface area (Å²) in [7, 11) is 0. The summed E-state index contributed by atoms with van der Waals surface area (Å²) in [6.07, 6.45) is 0. The van der Waals surface area contributed by atoms with Crippen molar-refractivity contribution < 1.29 is 4.39 Å². The van der Waals surface area contributed by atoms with E-state index in [1.165, 1.54) is 6.07 Å². The maximum atomic E-state index is 13.5. The van der Waals surface area contributed by atoms with E-state index in [9.17, 15) is 4.39 Å². The van der Waals surface area contributed by atoms with Gasteiger partial charge in [0.15, 0.2) is 0 Å². The van der Waals surface area contributed by atoms with E-state index in [-0.39, 0.29) is 11.5 Å². The van der Waals surface area contributed by atoms with Gasteiger partial charge in [0.1, 0.15) is 5.82 Å². The molecular weight excluding hydrogens is 227 g/mol. The molecule has 0 saturated carbocycles. The number of hydrogen-bond donors (Lipinski definition) is 2. The van der Waals surface area contributed by atoms with Crippen LogP contribution in [0.1, 0.15) is 0 Å². The molecule has 0 aliphatic carbocycles. The topological polar surface area (TPSA) is 38.0 Å². The Morgan fingerprint density at radius 2 is 1.88 bits per heavy atom. The van der Waals surface area contributed by atoms with E-state index >= 15 is 0 Å². The second-order valence-electron chi connectivity index (χ2n) is 3.34. The van der Waals surface area contributed by atoms with Gasteiger partial charge in [0, 0.05) is 10.7 Å². The molecule has 0 saturated heterocycles. The van der Waals surface area contributed by atoms with Gasteiger partial charge < -0.3 is 11.1 Å². The second kappa shape index (κ2) is 4.41. The fraction of sp³-hybridized carbons (Fsp3) is 0. The van der Waals surface area contributed by atoms with Crippen LogP contribution in [0.15, 0.2) is 42.5 Å². The highest BCUT2D eigenvalue weighted by molar-refractivity contribution is 6.30. The van der Waals surface area contributed by atoms with Crippen molar-refractivity contribution in [2.75, 3.05) is 11.1 Å². The number of anilines is 3. The standard InChI is InChI=1S/C12H10ClFN2/c13-8-3-1-4-9(7-8)16-12-10(14)5-2-6-11(12)15/h1-7,16H,15H2. The first-order valence-electron chi connectivity index (χ1n) is 4.73. The van der Waals surface area contributed by atoms with Gasteiger partial charge in [-0.2, -0.15) is 0 Å². The van der Waals surface area contributed by atoms with Gasteiger partial charge in [-0.3, -0.25) is 0 Å². The first-order chi connectivity index (χ1) is 7.66. The first-order valence-corrected chi connectivity index (χ1v) is 5.11. The molecular formula is C12H10ClFN2. The van der Waals surface area contributed by atoms with Crippen molar-refractivity contribution in [2.24, 2.45) is 0 Å². The summed E-state index contributed by atoms with van der Waals surface area (Å²) in [5, 5.41) is 3.48. The monoisotopic (exact) mass is 236 g/mol. The molecule has 2 rings (SSSR count). The summed E-state index contributed by atoms with van der Waals surface area (Å²) in [5.41, 5.74) is 7.00. The van der Waals surface area contributed by atoms with E-state index in [1.54, 1.807) is 36.4 Å². The third-order valence-corrected chi connectivity index (χ3v) is 2.37. The van der Waals surface area contributed by atoms with Crippen molar-refractivity contribution >= 4 is 28.7 Å². The van der Waals surface area contributed by atoms with Gasteiger partial charge in [-0.25, -0.2) is 4.39 Å². The molecule has 0 radical (unpaired) electrons. The van der Waals surface area contributed by atoms with Crippen LogP contribution in [-0.4, -0.2) is 0 Å². The van der Waals surface area contributed by atoms with Gasteiger partial charge in [0.25, 0.3) is 0 Å². The van der Waals surface area contributed by atoms with Gasteiger partial charge in [-0.1, -0.05) is 23.7 Å². The molecule has 3 N–H and O–H groups in total. The lowest BCUT2D eigenvalue weighted by molar-refractivity contribution is 0.632. The fourth-order valence-corrected chi connectivity index (χ4v) is 1.57. The minimum atomic E-state index is -0.389. The molecule has 82 valence electrons. The number of nitrogens with one attached hydrogen (secondary N) is 1. The van der Waals surface area contributed by atoms with E-state index < -0.39 is 0 Å². The van der Waals surface area contributed by atoms with Crippen LogP contribution in [0.3, 0.4) is 0 Å². The molecule has 0 fully saturated rings. The lowest BCUT2D eigenvalue weighted by Crippen LogP contribution is -1.98. The summed E-state index contributed by atoms with van der Waals surface area (Å²) < 4.78 is 13.5. The molecule has 0 aliphatic heterocycles. The number of benzene rings is 2. The molecule has 0 amide bonds. The number of rotatable bonds is 2. The van der Waals surface area contributed by atoms with E-state index in [0.29, 0.717) is 16.4 Å². The summed E-state index contributed by atoms with van der Waals surface area (Å²) in [5.74, 6) is -0.389. The predicted octanol–water partition coefficient (Wildman–Crippen LogP) is 3.80. The van der Waals surface area contributed by atoms with Crippen molar-refractivity contribution in [3.8, 4) is 0 Å². The molecule has 0 bridgehead atoms. The van der Waals surface area contributed by atoms with Crippen LogP contribution in [0.25, 0.3) is 0 Å². The molecule has 2 aromatic rings. The Morgan fingerprint density at radius 3 is 2.56 bits per heavy atom. The van der Waals surface area contributed by atoms with Crippen LogP contribution in [0, 0.1) is 5.82 Å². The first kappa shape index (κ1) is 10.8.